The second-order valence-electron chi connectivity index (χ2n) is 7.21. The molecule has 1 heterocycles. The van der Waals surface area contributed by atoms with E-state index in [4.69, 9.17) is 20.9 Å². The van der Waals surface area contributed by atoms with Gasteiger partial charge in [0.05, 0.1) is 7.11 Å². The Morgan fingerprint density at radius 1 is 1.00 bits per heavy atom. The average molecular weight is 397 g/mol. The number of nitrogens with two attached hydrogens (primary N) is 2. The second-order valence-corrected chi connectivity index (χ2v) is 7.21. The molecular weight excluding hydrogens is 373 g/mol. The van der Waals surface area contributed by atoms with Crippen LogP contribution in [0.2, 0.25) is 0 Å². The molecular formula is C21H24FN5O2. The summed E-state index contributed by atoms with van der Waals surface area (Å²) in [7, 11) is 1.58. The highest BCUT2D eigenvalue weighted by Crippen LogP contribution is 2.40. The molecule has 0 unspecified atom stereocenters. The molecule has 7 nitrogen and oxygen atoms in total. The first-order chi connectivity index (χ1) is 14.0. The van der Waals surface area contributed by atoms with Crippen molar-refractivity contribution in [2.75, 3.05) is 12.0 Å². The van der Waals surface area contributed by atoms with Crippen molar-refractivity contribution in [2.24, 2.45) is 21.5 Å². The van der Waals surface area contributed by atoms with Crippen LogP contribution in [0.5, 0.6) is 17.2 Å². The smallest absolute Gasteiger partial charge is 0.220 e. The number of guanidine groups is 2. The molecule has 0 atom stereocenters. The van der Waals surface area contributed by atoms with E-state index in [2.05, 4.69) is 9.98 Å². The number of aliphatic imine (C=N–C) groups is 2. The summed E-state index contributed by atoms with van der Waals surface area (Å²) < 4.78 is 25.7. The number of ether oxygens (including phenoxy) is 2. The van der Waals surface area contributed by atoms with Gasteiger partial charge in [-0.15, -0.1) is 0 Å². The lowest BCUT2D eigenvalue weighted by atomic mass is 9.87. The summed E-state index contributed by atoms with van der Waals surface area (Å²) in [6, 6.07) is 11.7. The number of halogens is 1. The zero-order valence-corrected chi connectivity index (χ0v) is 16.3. The van der Waals surface area contributed by atoms with Crippen molar-refractivity contribution in [3.8, 4) is 17.2 Å². The Morgan fingerprint density at radius 3 is 2.34 bits per heavy atom. The Balaban J connectivity index is 1.63. The normalized spacial score (nSPS) is 18.2. The Morgan fingerprint density at radius 2 is 1.69 bits per heavy atom. The predicted octanol–water partition coefficient (Wildman–Crippen LogP) is 3.74. The minimum Gasteiger partial charge on any atom is -0.497 e. The van der Waals surface area contributed by atoms with E-state index < -0.39 is 11.5 Å². The maximum absolute atomic E-state index is 14.9. The van der Waals surface area contributed by atoms with Crippen molar-refractivity contribution in [1.82, 2.24) is 0 Å². The van der Waals surface area contributed by atoms with Gasteiger partial charge in [-0.05, 0) is 62.1 Å². The van der Waals surface area contributed by atoms with Gasteiger partial charge in [0.25, 0.3) is 0 Å². The van der Waals surface area contributed by atoms with E-state index in [1.807, 2.05) is 0 Å². The number of benzene rings is 2. The molecule has 1 fully saturated rings. The van der Waals surface area contributed by atoms with Gasteiger partial charge >= 0.3 is 0 Å². The third kappa shape index (κ3) is 3.70. The van der Waals surface area contributed by atoms with Crippen LogP contribution in [-0.4, -0.2) is 24.7 Å². The molecule has 0 saturated heterocycles. The molecule has 1 spiro atoms. The molecule has 0 radical (unpaired) electrons. The standard InChI is InChI=1S/C21H24FN5O2/c1-28-15-6-8-16(9-7-15)29-18-10-5-14(13-17(18)22)27-20(24)25-19(23)26-21(27)11-3-2-4-12-21/h5-10,13H,2-4,11-12H2,1H3,(H4,23,24,25,26). The van der Waals surface area contributed by atoms with E-state index in [1.54, 1.807) is 48.4 Å². The minimum absolute atomic E-state index is 0.118. The van der Waals surface area contributed by atoms with Gasteiger partial charge < -0.3 is 20.9 Å². The molecule has 2 aromatic carbocycles. The van der Waals surface area contributed by atoms with Gasteiger partial charge in [0, 0.05) is 11.8 Å². The molecule has 2 aliphatic rings. The van der Waals surface area contributed by atoms with E-state index in [0.717, 1.165) is 32.1 Å². The van der Waals surface area contributed by atoms with Gasteiger partial charge in [-0.1, -0.05) is 6.42 Å². The monoisotopic (exact) mass is 397 g/mol. The highest BCUT2D eigenvalue weighted by atomic mass is 19.1. The van der Waals surface area contributed by atoms with Gasteiger partial charge in [-0.3, -0.25) is 4.90 Å². The van der Waals surface area contributed by atoms with Gasteiger partial charge in [0.2, 0.25) is 11.9 Å². The zero-order valence-electron chi connectivity index (χ0n) is 16.3. The Bertz CT molecular complexity index is 952. The number of hydrogen-bond acceptors (Lipinski definition) is 7. The number of anilines is 1. The molecule has 152 valence electrons. The molecule has 2 aromatic rings. The van der Waals surface area contributed by atoms with E-state index in [-0.39, 0.29) is 17.7 Å². The third-order valence-corrected chi connectivity index (χ3v) is 5.31. The molecule has 8 heteroatoms. The van der Waals surface area contributed by atoms with E-state index in [0.29, 0.717) is 17.2 Å². The van der Waals surface area contributed by atoms with Gasteiger partial charge in [0.15, 0.2) is 11.6 Å². The van der Waals surface area contributed by atoms with Crippen LogP contribution in [-0.2, 0) is 0 Å². The molecule has 0 bridgehead atoms. The van der Waals surface area contributed by atoms with Crippen LogP contribution in [0.25, 0.3) is 0 Å². The third-order valence-electron chi connectivity index (χ3n) is 5.31. The Labute approximate surface area is 168 Å². The van der Waals surface area contributed by atoms with Gasteiger partial charge in [-0.2, -0.15) is 4.99 Å². The number of hydrogen-bond donors (Lipinski definition) is 2. The summed E-state index contributed by atoms with van der Waals surface area (Å²) >= 11 is 0. The summed E-state index contributed by atoms with van der Waals surface area (Å²) in [5.74, 6) is 1.22. The van der Waals surface area contributed by atoms with Crippen molar-refractivity contribution in [2.45, 2.75) is 37.8 Å². The van der Waals surface area contributed by atoms with Crippen LogP contribution in [0.3, 0.4) is 0 Å². The lowest BCUT2D eigenvalue weighted by Gasteiger charge is -2.45. The number of nitrogens with zero attached hydrogens (tertiary/aromatic N) is 3. The van der Waals surface area contributed by atoms with E-state index >= 15 is 0 Å². The SMILES string of the molecule is COc1ccc(Oc2ccc(N3C(N)=NC(N)=NC34CCCCC4)cc2F)cc1. The minimum atomic E-state index is -0.612. The van der Waals surface area contributed by atoms with Crippen LogP contribution >= 0.6 is 0 Å². The molecule has 1 saturated carbocycles. The zero-order chi connectivity index (χ0) is 20.4. The summed E-state index contributed by atoms with van der Waals surface area (Å²) in [4.78, 5) is 10.5. The molecule has 0 amide bonds. The van der Waals surface area contributed by atoms with Crippen molar-refractivity contribution in [3.05, 3.63) is 48.3 Å². The second kappa shape index (κ2) is 7.62. The molecule has 1 aliphatic carbocycles. The van der Waals surface area contributed by atoms with Gasteiger partial charge in [-0.25, -0.2) is 9.38 Å². The van der Waals surface area contributed by atoms with Crippen molar-refractivity contribution in [3.63, 3.8) is 0 Å². The highest BCUT2D eigenvalue weighted by Gasteiger charge is 2.42. The Kier molecular flexibility index (Phi) is 5.00. The largest absolute Gasteiger partial charge is 0.497 e. The quantitative estimate of drug-likeness (QED) is 0.819. The van der Waals surface area contributed by atoms with E-state index in [9.17, 15) is 4.39 Å². The van der Waals surface area contributed by atoms with Crippen LogP contribution in [0.1, 0.15) is 32.1 Å². The van der Waals surface area contributed by atoms with Crippen LogP contribution in [0, 0.1) is 5.82 Å². The molecule has 29 heavy (non-hydrogen) atoms. The van der Waals surface area contributed by atoms with Gasteiger partial charge in [0.1, 0.15) is 17.2 Å². The lowest BCUT2D eigenvalue weighted by Crippen LogP contribution is -2.58. The first-order valence-corrected chi connectivity index (χ1v) is 9.62. The number of rotatable bonds is 4. The van der Waals surface area contributed by atoms with Crippen molar-refractivity contribution >= 4 is 17.6 Å². The maximum atomic E-state index is 14.9. The average Bonchev–Trinajstić information content (AvgIpc) is 2.70. The molecule has 4 rings (SSSR count). The topological polar surface area (TPSA) is 98.5 Å². The summed E-state index contributed by atoms with van der Waals surface area (Å²) in [6.07, 6.45) is 4.71. The number of methoxy groups -OCH3 is 1. The fourth-order valence-corrected chi connectivity index (χ4v) is 3.98. The highest BCUT2D eigenvalue weighted by molar-refractivity contribution is 6.05. The first-order valence-electron chi connectivity index (χ1n) is 9.62. The summed E-state index contributed by atoms with van der Waals surface area (Å²) in [6.45, 7) is 0. The molecule has 4 N–H and O–H groups in total. The van der Waals surface area contributed by atoms with Crippen molar-refractivity contribution < 1.29 is 13.9 Å². The molecule has 0 aromatic heterocycles. The van der Waals surface area contributed by atoms with Crippen LogP contribution < -0.4 is 25.8 Å². The fourth-order valence-electron chi connectivity index (χ4n) is 3.98. The Hall–Kier alpha value is -3.29. The molecule has 1 aliphatic heterocycles. The lowest BCUT2D eigenvalue weighted by molar-refractivity contribution is 0.305. The van der Waals surface area contributed by atoms with Crippen LogP contribution in [0.4, 0.5) is 10.1 Å². The summed E-state index contributed by atoms with van der Waals surface area (Å²) in [5, 5.41) is 0. The van der Waals surface area contributed by atoms with Crippen LogP contribution in [0.15, 0.2) is 52.4 Å². The maximum Gasteiger partial charge on any atom is 0.220 e. The predicted molar refractivity (Wildman–Crippen MR) is 111 cm³/mol. The van der Waals surface area contributed by atoms with E-state index in [1.165, 1.54) is 6.07 Å². The van der Waals surface area contributed by atoms with Crippen molar-refractivity contribution in [1.29, 1.82) is 0 Å². The first kappa shape index (κ1) is 19.0. The fraction of sp³-hybridized carbons (Fsp3) is 0.333. The summed E-state index contributed by atoms with van der Waals surface area (Å²) in [5.41, 5.74) is 12.0.